The molecule has 0 bridgehead atoms. The van der Waals surface area contributed by atoms with Gasteiger partial charge >= 0.3 is 0 Å². The van der Waals surface area contributed by atoms with Crippen LogP contribution < -0.4 is 4.74 Å². The van der Waals surface area contributed by atoms with Gasteiger partial charge in [-0.15, -0.1) is 0 Å². The summed E-state index contributed by atoms with van der Waals surface area (Å²) >= 11 is 0. The minimum Gasteiger partial charge on any atom is -0.497 e. The fourth-order valence-electron chi connectivity index (χ4n) is 2.03. The van der Waals surface area contributed by atoms with Crippen molar-refractivity contribution in [1.82, 2.24) is 0 Å². The number of aliphatic hydroxyl groups excluding tert-OH is 1. The van der Waals surface area contributed by atoms with Gasteiger partial charge in [-0.05, 0) is 30.5 Å². The second-order valence-corrected chi connectivity index (χ2v) is 5.67. The van der Waals surface area contributed by atoms with Crippen molar-refractivity contribution in [2.24, 2.45) is 0 Å². The van der Waals surface area contributed by atoms with E-state index in [4.69, 9.17) is 9.15 Å². The van der Waals surface area contributed by atoms with Gasteiger partial charge in [0, 0.05) is 10.9 Å². The Morgan fingerprint density at radius 2 is 1.89 bits per heavy atom. The van der Waals surface area contributed by atoms with Crippen molar-refractivity contribution in [3.05, 3.63) is 29.5 Å². The van der Waals surface area contributed by atoms with Crippen molar-refractivity contribution in [3.63, 3.8) is 0 Å². The van der Waals surface area contributed by atoms with E-state index in [1.165, 1.54) is 0 Å². The van der Waals surface area contributed by atoms with E-state index in [-0.39, 0.29) is 5.41 Å². The molecule has 0 saturated heterocycles. The van der Waals surface area contributed by atoms with E-state index in [9.17, 15) is 5.11 Å². The zero-order valence-corrected chi connectivity index (χ0v) is 11.6. The Bertz CT molecular complexity index is 559. The zero-order chi connectivity index (χ0) is 13.5. The lowest BCUT2D eigenvalue weighted by atomic mass is 9.86. The molecule has 3 nitrogen and oxygen atoms in total. The van der Waals surface area contributed by atoms with Gasteiger partial charge in [-0.1, -0.05) is 20.8 Å². The molecule has 0 aliphatic rings. The van der Waals surface area contributed by atoms with Gasteiger partial charge in [0.2, 0.25) is 0 Å². The number of rotatable bonds is 2. The van der Waals surface area contributed by atoms with Crippen LogP contribution in [0.25, 0.3) is 11.0 Å². The number of aliphatic hydroxyl groups is 1. The summed E-state index contributed by atoms with van der Waals surface area (Å²) in [6.07, 6.45) is -0.601. The highest BCUT2D eigenvalue weighted by molar-refractivity contribution is 5.84. The molecule has 18 heavy (non-hydrogen) atoms. The van der Waals surface area contributed by atoms with E-state index < -0.39 is 6.10 Å². The number of methoxy groups -OCH3 is 1. The topological polar surface area (TPSA) is 42.6 Å². The molecule has 1 unspecified atom stereocenters. The Balaban J connectivity index is 2.73. The van der Waals surface area contributed by atoms with Gasteiger partial charge in [0.25, 0.3) is 0 Å². The van der Waals surface area contributed by atoms with Gasteiger partial charge in [-0.2, -0.15) is 0 Å². The first kappa shape index (κ1) is 13.0. The molecule has 1 aromatic carbocycles. The summed E-state index contributed by atoms with van der Waals surface area (Å²) in [5.41, 5.74) is 1.88. The van der Waals surface area contributed by atoms with Crippen LogP contribution in [-0.4, -0.2) is 12.2 Å². The maximum absolute atomic E-state index is 9.62. The largest absolute Gasteiger partial charge is 0.497 e. The molecule has 1 heterocycles. The molecule has 3 heteroatoms. The first-order chi connectivity index (χ1) is 8.32. The molecule has 0 spiro atoms. The number of fused-ring (bicyclic) bond motifs is 1. The van der Waals surface area contributed by atoms with Crippen LogP contribution in [0, 0.1) is 0 Å². The Morgan fingerprint density at radius 3 is 2.39 bits per heavy atom. The third-order valence-electron chi connectivity index (χ3n) is 3.06. The second-order valence-electron chi connectivity index (χ2n) is 5.67. The first-order valence-electron chi connectivity index (χ1n) is 6.13. The minimum atomic E-state index is -0.601. The quantitative estimate of drug-likeness (QED) is 0.879. The van der Waals surface area contributed by atoms with E-state index in [0.29, 0.717) is 5.76 Å². The Labute approximate surface area is 107 Å². The molecule has 0 aliphatic carbocycles. The third-order valence-corrected chi connectivity index (χ3v) is 3.06. The number of furan rings is 1. The highest BCUT2D eigenvalue weighted by Crippen LogP contribution is 2.36. The van der Waals surface area contributed by atoms with Crippen LogP contribution in [0.5, 0.6) is 5.75 Å². The van der Waals surface area contributed by atoms with Crippen LogP contribution in [-0.2, 0) is 5.41 Å². The third kappa shape index (κ3) is 2.23. The lowest BCUT2D eigenvalue weighted by Crippen LogP contribution is -2.11. The van der Waals surface area contributed by atoms with E-state index in [1.807, 2.05) is 18.2 Å². The van der Waals surface area contributed by atoms with Gasteiger partial charge in [0.05, 0.1) is 7.11 Å². The summed E-state index contributed by atoms with van der Waals surface area (Å²) in [6.45, 7) is 8.09. The van der Waals surface area contributed by atoms with Gasteiger partial charge in [0.15, 0.2) is 0 Å². The smallest absolute Gasteiger partial charge is 0.138 e. The van der Waals surface area contributed by atoms with E-state index in [2.05, 4.69) is 20.8 Å². The van der Waals surface area contributed by atoms with Crippen molar-refractivity contribution in [2.45, 2.75) is 39.2 Å². The average molecular weight is 248 g/mol. The van der Waals surface area contributed by atoms with Crippen LogP contribution in [0.1, 0.15) is 45.1 Å². The molecule has 2 rings (SSSR count). The summed E-state index contributed by atoms with van der Waals surface area (Å²) in [5.74, 6) is 1.40. The van der Waals surface area contributed by atoms with E-state index in [0.717, 1.165) is 22.3 Å². The highest BCUT2D eigenvalue weighted by atomic mass is 16.5. The molecule has 0 fully saturated rings. The van der Waals surface area contributed by atoms with Crippen LogP contribution >= 0.6 is 0 Å². The van der Waals surface area contributed by atoms with E-state index in [1.54, 1.807) is 14.0 Å². The van der Waals surface area contributed by atoms with Crippen LogP contribution in [0.4, 0.5) is 0 Å². The van der Waals surface area contributed by atoms with Crippen LogP contribution in [0.3, 0.4) is 0 Å². The fraction of sp³-hybridized carbons (Fsp3) is 0.467. The normalized spacial score (nSPS) is 13.9. The van der Waals surface area contributed by atoms with Crippen molar-refractivity contribution in [2.75, 3.05) is 7.11 Å². The van der Waals surface area contributed by atoms with E-state index >= 15 is 0 Å². The molecular weight excluding hydrogens is 228 g/mol. The lowest BCUT2D eigenvalue weighted by molar-refractivity contribution is 0.172. The van der Waals surface area contributed by atoms with Crippen molar-refractivity contribution >= 4 is 11.0 Å². The molecule has 1 N–H and O–H groups in total. The van der Waals surface area contributed by atoms with Crippen molar-refractivity contribution in [3.8, 4) is 5.75 Å². The van der Waals surface area contributed by atoms with Crippen molar-refractivity contribution in [1.29, 1.82) is 0 Å². The van der Waals surface area contributed by atoms with Gasteiger partial charge in [0.1, 0.15) is 23.2 Å². The summed E-state index contributed by atoms with van der Waals surface area (Å²) in [7, 11) is 1.66. The standard InChI is InChI=1S/C15H20O3/c1-9(16)13-7-10-6-11(17-5)8-12(14(10)18-13)15(2,3)4/h6-9,16H,1-5H3. The molecule has 0 aliphatic heterocycles. The number of hydrogen-bond acceptors (Lipinski definition) is 3. The molecule has 0 saturated carbocycles. The second kappa shape index (κ2) is 4.32. The fourth-order valence-corrected chi connectivity index (χ4v) is 2.03. The summed E-state index contributed by atoms with van der Waals surface area (Å²) < 4.78 is 11.1. The lowest BCUT2D eigenvalue weighted by Gasteiger charge is -2.20. The van der Waals surface area contributed by atoms with Gasteiger partial charge in [-0.25, -0.2) is 0 Å². The van der Waals surface area contributed by atoms with Crippen molar-refractivity contribution < 1.29 is 14.3 Å². The van der Waals surface area contributed by atoms with Gasteiger partial charge in [-0.3, -0.25) is 0 Å². The molecule has 1 aromatic heterocycles. The summed E-state index contributed by atoms with van der Waals surface area (Å²) in [6, 6.07) is 5.80. The number of hydrogen-bond donors (Lipinski definition) is 1. The predicted molar refractivity (Wildman–Crippen MR) is 72.1 cm³/mol. The Morgan fingerprint density at radius 1 is 1.22 bits per heavy atom. The molecule has 0 amide bonds. The first-order valence-corrected chi connectivity index (χ1v) is 6.13. The average Bonchev–Trinajstić information content (AvgIpc) is 2.69. The predicted octanol–water partition coefficient (Wildman–Crippen LogP) is 3.79. The molecule has 98 valence electrons. The summed E-state index contributed by atoms with van der Waals surface area (Å²) in [5, 5.41) is 10.6. The Hall–Kier alpha value is -1.48. The number of benzene rings is 1. The van der Waals surface area contributed by atoms with Gasteiger partial charge < -0.3 is 14.3 Å². The molecule has 2 aromatic rings. The molecule has 0 radical (unpaired) electrons. The van der Waals surface area contributed by atoms with Crippen LogP contribution in [0.2, 0.25) is 0 Å². The Kier molecular flexibility index (Phi) is 3.11. The summed E-state index contributed by atoms with van der Waals surface area (Å²) in [4.78, 5) is 0. The minimum absolute atomic E-state index is 0.0411. The monoisotopic (exact) mass is 248 g/mol. The number of ether oxygens (including phenoxy) is 1. The van der Waals surface area contributed by atoms with Crippen LogP contribution in [0.15, 0.2) is 22.6 Å². The maximum atomic E-state index is 9.62. The molecular formula is C15H20O3. The maximum Gasteiger partial charge on any atom is 0.138 e. The highest BCUT2D eigenvalue weighted by Gasteiger charge is 2.22. The SMILES string of the molecule is COc1cc(C(C)(C)C)c2oc(C(C)O)cc2c1. The molecule has 1 atom stereocenters. The zero-order valence-electron chi connectivity index (χ0n) is 11.6.